The maximum Gasteiger partial charge on any atom is 0.272 e. The summed E-state index contributed by atoms with van der Waals surface area (Å²) in [5.41, 5.74) is 2.80. The molecular weight excluding hydrogens is 118 g/mol. The molecule has 0 bridgehead atoms. The normalized spacial score (nSPS) is 8.00. The molecule has 0 spiro atoms. The van der Waals surface area contributed by atoms with E-state index in [0.717, 1.165) is 10.2 Å². The third-order valence-electron chi connectivity index (χ3n) is 0.664. The molecular formula is C5H5NOSi. The van der Waals surface area contributed by atoms with Gasteiger partial charge in [-0.15, -0.1) is 5.54 Å². The first-order valence-electron chi connectivity index (χ1n) is 2.25. The third kappa shape index (κ3) is 0.981. The van der Waals surface area contributed by atoms with Crippen LogP contribution >= 0.6 is 0 Å². The fourth-order valence-electron chi connectivity index (χ4n) is 0.392. The Morgan fingerprint density at radius 1 is 1.75 bits per heavy atom. The van der Waals surface area contributed by atoms with Crippen LogP contribution in [-0.4, -0.2) is 15.2 Å². The van der Waals surface area contributed by atoms with Crippen LogP contribution in [0, 0.1) is 11.5 Å². The first kappa shape index (κ1) is 5.13. The molecule has 0 saturated heterocycles. The minimum atomic E-state index is 0.514. The van der Waals surface area contributed by atoms with Crippen molar-refractivity contribution in [1.29, 1.82) is 0 Å². The van der Waals surface area contributed by atoms with Gasteiger partial charge in [-0.3, -0.25) is 0 Å². The van der Waals surface area contributed by atoms with Gasteiger partial charge in [0.1, 0.15) is 6.26 Å². The SMILES string of the molecule is [SiH3]C#Cc1ncco1. The number of rotatable bonds is 0. The second kappa shape index (κ2) is 2.33. The Bertz CT molecular complexity index is 206. The number of oxazole rings is 1. The summed E-state index contributed by atoms with van der Waals surface area (Å²) in [6, 6.07) is 0. The lowest BCUT2D eigenvalue weighted by atomic mass is 10.7. The molecule has 0 aromatic carbocycles. The molecule has 0 aliphatic rings. The van der Waals surface area contributed by atoms with E-state index in [0.29, 0.717) is 5.89 Å². The Balaban J connectivity index is 2.88. The topological polar surface area (TPSA) is 26.0 Å². The van der Waals surface area contributed by atoms with Crippen molar-refractivity contribution in [3.8, 4) is 11.5 Å². The van der Waals surface area contributed by atoms with Crippen LogP contribution in [0.2, 0.25) is 0 Å². The lowest BCUT2D eigenvalue weighted by Gasteiger charge is -1.69. The highest BCUT2D eigenvalue weighted by Gasteiger charge is 1.83. The molecule has 0 radical (unpaired) electrons. The number of nitrogens with zero attached hydrogens (tertiary/aromatic N) is 1. The molecule has 8 heavy (non-hydrogen) atoms. The molecule has 1 rings (SSSR count). The maximum absolute atomic E-state index is 4.81. The average molecular weight is 123 g/mol. The summed E-state index contributed by atoms with van der Waals surface area (Å²) in [7, 11) is 0.874. The minimum Gasteiger partial charge on any atom is -0.439 e. The summed E-state index contributed by atoms with van der Waals surface area (Å²) in [6.45, 7) is 0. The van der Waals surface area contributed by atoms with Gasteiger partial charge in [-0.2, -0.15) is 0 Å². The number of hydrogen-bond acceptors (Lipinski definition) is 2. The van der Waals surface area contributed by atoms with Crippen LogP contribution in [0.4, 0.5) is 0 Å². The Morgan fingerprint density at radius 3 is 3.12 bits per heavy atom. The van der Waals surface area contributed by atoms with E-state index in [1.807, 2.05) is 0 Å². The van der Waals surface area contributed by atoms with Crippen LogP contribution in [0.5, 0.6) is 0 Å². The smallest absolute Gasteiger partial charge is 0.272 e. The van der Waals surface area contributed by atoms with Crippen LogP contribution in [0.1, 0.15) is 5.89 Å². The van der Waals surface area contributed by atoms with Crippen molar-refractivity contribution in [2.24, 2.45) is 0 Å². The van der Waals surface area contributed by atoms with Crippen molar-refractivity contribution in [3.63, 3.8) is 0 Å². The van der Waals surface area contributed by atoms with Crippen LogP contribution in [0.25, 0.3) is 0 Å². The zero-order chi connectivity index (χ0) is 5.82. The predicted molar refractivity (Wildman–Crippen MR) is 33.3 cm³/mol. The summed E-state index contributed by atoms with van der Waals surface area (Å²) in [4.78, 5) is 3.79. The molecule has 0 saturated carbocycles. The highest BCUT2D eigenvalue weighted by Crippen LogP contribution is 1.88. The summed E-state index contributed by atoms with van der Waals surface area (Å²) in [5.74, 6) is 3.24. The average Bonchev–Trinajstić information content (AvgIpc) is 2.19. The molecule has 0 aliphatic carbocycles. The van der Waals surface area contributed by atoms with Crippen molar-refractivity contribution in [2.75, 3.05) is 0 Å². The molecule has 0 amide bonds. The van der Waals surface area contributed by atoms with Crippen molar-refractivity contribution in [2.45, 2.75) is 0 Å². The van der Waals surface area contributed by atoms with Gasteiger partial charge in [0.2, 0.25) is 0 Å². The quantitative estimate of drug-likeness (QED) is 0.338. The molecule has 0 N–H and O–H groups in total. The molecule has 40 valence electrons. The van der Waals surface area contributed by atoms with Gasteiger partial charge in [-0.1, -0.05) is 0 Å². The summed E-state index contributed by atoms with van der Waals surface area (Å²) >= 11 is 0. The zero-order valence-corrected chi connectivity index (χ0v) is 6.51. The zero-order valence-electron chi connectivity index (χ0n) is 4.51. The van der Waals surface area contributed by atoms with Crippen molar-refractivity contribution >= 4 is 10.2 Å². The van der Waals surface area contributed by atoms with Gasteiger partial charge < -0.3 is 4.42 Å². The van der Waals surface area contributed by atoms with E-state index >= 15 is 0 Å². The summed E-state index contributed by atoms with van der Waals surface area (Å²) in [5, 5.41) is 0. The van der Waals surface area contributed by atoms with E-state index < -0.39 is 0 Å². The monoisotopic (exact) mass is 123 g/mol. The predicted octanol–water partition coefficient (Wildman–Crippen LogP) is -0.651. The minimum absolute atomic E-state index is 0.514. The van der Waals surface area contributed by atoms with Gasteiger partial charge in [0, 0.05) is 0 Å². The van der Waals surface area contributed by atoms with Crippen molar-refractivity contribution in [3.05, 3.63) is 18.4 Å². The standard InChI is InChI=1S/C5H5NOSi/c8-4-1-5-6-2-3-7-5/h2-3H,8H3. The molecule has 1 heterocycles. The Kier molecular flexibility index (Phi) is 1.50. The molecule has 2 nitrogen and oxygen atoms in total. The molecule has 0 atom stereocenters. The fraction of sp³-hybridized carbons (Fsp3) is 0. The number of aromatic nitrogens is 1. The van der Waals surface area contributed by atoms with Crippen LogP contribution < -0.4 is 0 Å². The largest absolute Gasteiger partial charge is 0.439 e. The van der Waals surface area contributed by atoms with E-state index in [-0.39, 0.29) is 0 Å². The number of hydrogen-bond donors (Lipinski definition) is 0. The lowest BCUT2D eigenvalue weighted by Crippen LogP contribution is -1.67. The molecule has 1 aromatic heterocycles. The van der Waals surface area contributed by atoms with E-state index in [2.05, 4.69) is 16.4 Å². The second-order valence-electron chi connectivity index (χ2n) is 1.21. The van der Waals surface area contributed by atoms with Crippen LogP contribution in [0.15, 0.2) is 16.9 Å². The van der Waals surface area contributed by atoms with E-state index in [1.54, 1.807) is 6.20 Å². The lowest BCUT2D eigenvalue weighted by molar-refractivity contribution is 0.543. The van der Waals surface area contributed by atoms with E-state index in [9.17, 15) is 0 Å². The molecule has 0 fully saturated rings. The van der Waals surface area contributed by atoms with Gasteiger partial charge in [0.05, 0.1) is 16.4 Å². The Morgan fingerprint density at radius 2 is 2.62 bits per heavy atom. The van der Waals surface area contributed by atoms with Gasteiger partial charge in [-0.25, -0.2) is 4.98 Å². The van der Waals surface area contributed by atoms with Crippen molar-refractivity contribution in [1.82, 2.24) is 4.98 Å². The van der Waals surface area contributed by atoms with Gasteiger partial charge in [0.25, 0.3) is 5.89 Å². The fourth-order valence-corrected chi connectivity index (χ4v) is 0.606. The first-order chi connectivity index (χ1) is 3.93. The van der Waals surface area contributed by atoms with Crippen LogP contribution in [0.3, 0.4) is 0 Å². The maximum atomic E-state index is 4.81. The molecule has 3 heteroatoms. The highest BCUT2D eigenvalue weighted by molar-refractivity contribution is 6.22. The summed E-state index contributed by atoms with van der Waals surface area (Å²) < 4.78 is 4.81. The first-order valence-corrected chi connectivity index (χ1v) is 3.25. The highest BCUT2D eigenvalue weighted by atomic mass is 28.1. The van der Waals surface area contributed by atoms with E-state index in [1.165, 1.54) is 6.26 Å². The van der Waals surface area contributed by atoms with Crippen molar-refractivity contribution < 1.29 is 4.42 Å². The molecule has 1 aromatic rings. The molecule has 0 aliphatic heterocycles. The van der Waals surface area contributed by atoms with Crippen LogP contribution in [-0.2, 0) is 0 Å². The second-order valence-corrected chi connectivity index (χ2v) is 1.71. The molecule has 0 unspecified atom stereocenters. The Hall–Kier alpha value is -1.01. The van der Waals surface area contributed by atoms with Gasteiger partial charge >= 0.3 is 0 Å². The summed E-state index contributed by atoms with van der Waals surface area (Å²) in [6.07, 6.45) is 3.10. The third-order valence-corrected chi connectivity index (χ3v) is 0.914. The Labute approximate surface area is 50.3 Å². The van der Waals surface area contributed by atoms with E-state index in [4.69, 9.17) is 4.42 Å². The van der Waals surface area contributed by atoms with Gasteiger partial charge in [0.15, 0.2) is 0 Å². The van der Waals surface area contributed by atoms with Gasteiger partial charge in [-0.05, 0) is 5.92 Å².